The molecule has 0 atom stereocenters. The fraction of sp³-hybridized carbons (Fsp3) is 0.370. The molecular weight excluding hydrogens is 625 g/mol. The van der Waals surface area contributed by atoms with Gasteiger partial charge in [0, 0.05) is 40.3 Å². The molecule has 0 saturated heterocycles. The van der Waals surface area contributed by atoms with Crippen LogP contribution in [-0.2, 0) is 16.2 Å². The zero-order valence-corrected chi connectivity index (χ0v) is 32.6. The Hall–Kier alpha value is -4.77. The number of hydrogen-bond donors (Lipinski definition) is 0. The number of benzene rings is 4. The Morgan fingerprint density at radius 2 is 1.24 bits per heavy atom. The van der Waals surface area contributed by atoms with Gasteiger partial charge in [-0.2, -0.15) is 0 Å². The topological polar surface area (TPSA) is 33.5 Å². The highest BCUT2D eigenvalue weighted by Gasteiger charge is 2.34. The van der Waals surface area contributed by atoms with Crippen LogP contribution >= 0.6 is 0 Å². The maximum atomic E-state index is 7.03. The summed E-state index contributed by atoms with van der Waals surface area (Å²) in [6.45, 7) is 28.1. The summed E-state index contributed by atoms with van der Waals surface area (Å²) in [7, 11) is 0. The standard InChI is InChI=1S/C46H54N4O/c1-43(2,3)30-21-22-47-41(25-30)50-37-18-14-13-17-35(37)42-36(45(7,8)9)27-34(28-40(42)50)51-33-24-31(44(4,5)6)23-32(26-33)48-29-49(46(10,11)12)39-20-16-15-19-38(39)48/h13-28H,29H2,1-12H3. The molecule has 0 amide bonds. The Bertz CT molecular complexity index is 2270. The van der Waals surface area contributed by atoms with Crippen molar-refractivity contribution in [3.63, 3.8) is 0 Å². The number of anilines is 3. The molecule has 0 unspecified atom stereocenters. The van der Waals surface area contributed by atoms with Crippen LogP contribution in [0.15, 0.2) is 97.2 Å². The van der Waals surface area contributed by atoms with E-state index < -0.39 is 0 Å². The summed E-state index contributed by atoms with van der Waals surface area (Å²) in [6, 6.07) is 33.1. The Kier molecular flexibility index (Phi) is 8.09. The van der Waals surface area contributed by atoms with Gasteiger partial charge in [-0.05, 0) is 102 Å². The SMILES string of the molecule is CC(C)(C)c1cc(Oc2cc(C(C)(C)C)c3c4ccccc4n(-c4cc(C(C)(C)C)ccn4)c3c2)cc(N2CN(C(C)(C)C)c3ccccc32)c1. The molecule has 0 saturated carbocycles. The number of hydrogen-bond acceptors (Lipinski definition) is 4. The summed E-state index contributed by atoms with van der Waals surface area (Å²) >= 11 is 0. The third-order valence-electron chi connectivity index (χ3n) is 10.3. The lowest BCUT2D eigenvalue weighted by atomic mass is 9.84. The van der Waals surface area contributed by atoms with Crippen molar-refractivity contribution in [1.82, 2.24) is 9.55 Å². The van der Waals surface area contributed by atoms with E-state index in [0.29, 0.717) is 0 Å². The van der Waals surface area contributed by atoms with Crippen molar-refractivity contribution >= 4 is 38.9 Å². The lowest BCUT2D eigenvalue weighted by molar-refractivity contribution is 0.475. The van der Waals surface area contributed by atoms with Crippen LogP contribution in [0.2, 0.25) is 0 Å². The second-order valence-corrected chi connectivity index (χ2v) is 18.3. The molecular formula is C46H54N4O. The Labute approximate surface area is 304 Å². The average molecular weight is 679 g/mol. The van der Waals surface area contributed by atoms with E-state index in [0.717, 1.165) is 40.7 Å². The van der Waals surface area contributed by atoms with E-state index in [1.807, 2.05) is 6.20 Å². The van der Waals surface area contributed by atoms with Crippen LogP contribution in [-0.4, -0.2) is 21.8 Å². The molecule has 5 nitrogen and oxygen atoms in total. The molecule has 7 rings (SSSR count). The van der Waals surface area contributed by atoms with Crippen molar-refractivity contribution < 1.29 is 4.74 Å². The predicted molar refractivity (Wildman–Crippen MR) is 217 cm³/mol. The molecule has 0 radical (unpaired) electrons. The molecule has 0 fully saturated rings. The normalized spacial score (nSPS) is 14.1. The third kappa shape index (κ3) is 6.37. The average Bonchev–Trinajstić information content (AvgIpc) is 3.60. The van der Waals surface area contributed by atoms with Gasteiger partial charge < -0.3 is 14.5 Å². The van der Waals surface area contributed by atoms with Crippen LogP contribution in [0, 0.1) is 0 Å². The second kappa shape index (κ2) is 11.9. The molecule has 264 valence electrons. The van der Waals surface area contributed by atoms with Crippen molar-refractivity contribution in [2.75, 3.05) is 16.5 Å². The van der Waals surface area contributed by atoms with Gasteiger partial charge in [0.05, 0.1) is 29.1 Å². The summed E-state index contributed by atoms with van der Waals surface area (Å²) in [6.07, 6.45) is 1.94. The number of fused-ring (bicyclic) bond motifs is 4. The summed E-state index contributed by atoms with van der Waals surface area (Å²) in [5.74, 6) is 2.57. The lowest BCUT2D eigenvalue weighted by Gasteiger charge is -2.34. The molecule has 0 bridgehead atoms. The number of para-hydroxylation sites is 3. The van der Waals surface area contributed by atoms with E-state index in [-0.39, 0.29) is 21.8 Å². The Morgan fingerprint density at radius 3 is 1.90 bits per heavy atom. The lowest BCUT2D eigenvalue weighted by Crippen LogP contribution is -2.42. The minimum absolute atomic E-state index is 0.00314. The Balaban J connectivity index is 1.42. The van der Waals surface area contributed by atoms with Gasteiger partial charge in [0.25, 0.3) is 0 Å². The summed E-state index contributed by atoms with van der Waals surface area (Å²) < 4.78 is 9.35. The molecule has 2 aromatic heterocycles. The first-order valence-electron chi connectivity index (χ1n) is 18.3. The largest absolute Gasteiger partial charge is 0.457 e. The molecule has 1 aliphatic heterocycles. The van der Waals surface area contributed by atoms with Crippen LogP contribution in [0.4, 0.5) is 17.1 Å². The van der Waals surface area contributed by atoms with Crippen molar-refractivity contribution in [2.24, 2.45) is 0 Å². The summed E-state index contributed by atoms with van der Waals surface area (Å²) in [5.41, 5.74) is 9.33. The number of nitrogens with zero attached hydrogens (tertiary/aromatic N) is 4. The van der Waals surface area contributed by atoms with Crippen LogP contribution in [0.3, 0.4) is 0 Å². The van der Waals surface area contributed by atoms with E-state index in [4.69, 9.17) is 9.72 Å². The predicted octanol–water partition coefficient (Wildman–Crippen LogP) is 12.6. The first-order chi connectivity index (χ1) is 23.8. The molecule has 0 N–H and O–H groups in total. The first-order valence-corrected chi connectivity index (χ1v) is 18.3. The van der Waals surface area contributed by atoms with Crippen LogP contribution in [0.5, 0.6) is 11.5 Å². The van der Waals surface area contributed by atoms with Crippen molar-refractivity contribution in [1.29, 1.82) is 0 Å². The van der Waals surface area contributed by atoms with Crippen LogP contribution < -0.4 is 14.5 Å². The number of ether oxygens (including phenoxy) is 1. The fourth-order valence-electron chi connectivity index (χ4n) is 7.35. The van der Waals surface area contributed by atoms with Crippen molar-refractivity contribution in [3.8, 4) is 17.3 Å². The third-order valence-corrected chi connectivity index (χ3v) is 10.3. The second-order valence-electron chi connectivity index (χ2n) is 18.3. The van der Waals surface area contributed by atoms with Crippen LogP contribution in [0.1, 0.15) is 99.8 Å². The van der Waals surface area contributed by atoms with E-state index >= 15 is 0 Å². The van der Waals surface area contributed by atoms with E-state index in [1.165, 1.54) is 38.8 Å². The van der Waals surface area contributed by atoms with Gasteiger partial charge >= 0.3 is 0 Å². The zero-order valence-electron chi connectivity index (χ0n) is 32.6. The number of rotatable bonds is 4. The van der Waals surface area contributed by atoms with Crippen molar-refractivity contribution in [3.05, 3.63) is 114 Å². The smallest absolute Gasteiger partial charge is 0.137 e. The van der Waals surface area contributed by atoms with Crippen molar-refractivity contribution in [2.45, 2.75) is 105 Å². The Morgan fingerprint density at radius 1 is 0.588 bits per heavy atom. The van der Waals surface area contributed by atoms with E-state index in [1.54, 1.807) is 0 Å². The highest BCUT2D eigenvalue weighted by atomic mass is 16.5. The van der Waals surface area contributed by atoms with Gasteiger partial charge in [-0.25, -0.2) is 4.98 Å². The van der Waals surface area contributed by atoms with Gasteiger partial charge in [-0.3, -0.25) is 4.57 Å². The minimum atomic E-state index is -0.138. The van der Waals surface area contributed by atoms with Gasteiger partial charge in [-0.1, -0.05) is 92.6 Å². The number of pyridine rings is 1. The van der Waals surface area contributed by atoms with Gasteiger partial charge in [0.2, 0.25) is 0 Å². The summed E-state index contributed by atoms with van der Waals surface area (Å²) in [4.78, 5) is 9.86. The molecule has 51 heavy (non-hydrogen) atoms. The molecule has 0 aliphatic carbocycles. The molecule has 5 heteroatoms. The quantitative estimate of drug-likeness (QED) is 0.186. The first kappa shape index (κ1) is 34.7. The summed E-state index contributed by atoms with van der Waals surface area (Å²) in [5, 5.41) is 2.47. The molecule has 3 heterocycles. The number of aromatic nitrogens is 2. The monoisotopic (exact) mass is 678 g/mol. The van der Waals surface area contributed by atoms with Gasteiger partial charge in [0.1, 0.15) is 17.3 Å². The van der Waals surface area contributed by atoms with E-state index in [9.17, 15) is 0 Å². The van der Waals surface area contributed by atoms with Gasteiger partial charge in [0.15, 0.2) is 0 Å². The maximum Gasteiger partial charge on any atom is 0.137 e. The van der Waals surface area contributed by atoms with E-state index in [2.05, 4.69) is 188 Å². The fourth-order valence-corrected chi connectivity index (χ4v) is 7.35. The minimum Gasteiger partial charge on any atom is -0.457 e. The molecule has 4 aromatic carbocycles. The molecule has 1 aliphatic rings. The highest BCUT2D eigenvalue weighted by Crippen LogP contribution is 2.47. The van der Waals surface area contributed by atoms with Gasteiger partial charge in [-0.15, -0.1) is 0 Å². The molecule has 6 aromatic rings. The zero-order chi connectivity index (χ0) is 36.7. The van der Waals surface area contributed by atoms with Crippen LogP contribution in [0.25, 0.3) is 27.6 Å². The maximum absolute atomic E-state index is 7.03. The highest BCUT2D eigenvalue weighted by molar-refractivity contribution is 6.11. The molecule has 0 spiro atoms.